The molecule has 0 bridgehead atoms. The molecule has 0 aliphatic heterocycles. The molecule has 0 amide bonds. The Labute approximate surface area is 45.6 Å². The summed E-state index contributed by atoms with van der Waals surface area (Å²) in [6, 6.07) is 0. The molecule has 46 valence electrons. The van der Waals surface area contributed by atoms with E-state index in [2.05, 4.69) is 4.89 Å². The predicted molar refractivity (Wildman–Crippen MR) is 25.4 cm³/mol. The van der Waals surface area contributed by atoms with E-state index in [0.717, 1.165) is 0 Å². The molecule has 4 heteroatoms. The summed E-state index contributed by atoms with van der Waals surface area (Å²) in [5, 5.41) is 14.5. The maximum atomic E-state index is 10.1. The largest absolute Gasteiger partial charge is 0.564 e. The molecule has 0 aromatic rings. The first-order valence-corrected chi connectivity index (χ1v) is 2.35. The lowest BCUT2D eigenvalue weighted by atomic mass is 10.4. The van der Waals surface area contributed by atoms with Crippen LogP contribution in [0, 0.1) is 5.92 Å². The first kappa shape index (κ1) is 5.53. The van der Waals surface area contributed by atoms with Crippen LogP contribution in [-0.4, -0.2) is 27.3 Å². The van der Waals surface area contributed by atoms with E-state index in [0.29, 0.717) is 6.42 Å². The summed E-state index contributed by atoms with van der Waals surface area (Å²) in [5.74, 6) is -0.923. The number of carbonyl (C=O) groups is 1. The fourth-order valence-electron chi connectivity index (χ4n) is 0.591. The molecule has 1 saturated carbocycles. The van der Waals surface area contributed by atoms with Crippen LogP contribution < -0.4 is 0 Å². The molecule has 0 spiro atoms. The third-order valence-electron chi connectivity index (χ3n) is 1.24. The minimum atomic E-state index is -0.618. The van der Waals surface area contributed by atoms with Crippen molar-refractivity contribution in [1.82, 2.24) is 0 Å². The average Bonchev–Trinajstić information content (AvgIpc) is 2.42. The van der Waals surface area contributed by atoms with Crippen molar-refractivity contribution in [2.45, 2.75) is 12.5 Å². The van der Waals surface area contributed by atoms with E-state index in [1.165, 1.54) is 0 Å². The molecule has 1 rings (SSSR count). The van der Waals surface area contributed by atoms with E-state index in [-0.39, 0.29) is 12.0 Å². The van der Waals surface area contributed by atoms with Crippen molar-refractivity contribution in [1.29, 1.82) is 0 Å². The van der Waals surface area contributed by atoms with Gasteiger partial charge in [0.05, 0.1) is 6.42 Å². The Morgan fingerprint density at radius 2 is 2.50 bits per heavy atom. The maximum absolute atomic E-state index is 10.1. The Bertz CT molecular complexity index is 111. The Kier molecular flexibility index (Phi) is 1.19. The molecule has 0 aromatic heterocycles. The molecular formula is C4H8O4+2. The van der Waals surface area contributed by atoms with Crippen LogP contribution in [0.5, 0.6) is 0 Å². The van der Waals surface area contributed by atoms with Crippen molar-refractivity contribution in [3.8, 4) is 0 Å². The molecular weight excluding hydrogens is 112 g/mol. The molecule has 4 N–H and O–H groups in total. The summed E-state index contributed by atoms with van der Waals surface area (Å²) in [5.41, 5.74) is 0. The van der Waals surface area contributed by atoms with Gasteiger partial charge in [-0.25, -0.2) is 4.89 Å². The molecule has 1 aliphatic rings. The van der Waals surface area contributed by atoms with E-state index in [9.17, 15) is 4.79 Å². The highest BCUT2D eigenvalue weighted by atomic mass is 17.1. The van der Waals surface area contributed by atoms with Crippen LogP contribution in [-0.2, 0) is 4.79 Å². The third kappa shape index (κ3) is 0.801. The van der Waals surface area contributed by atoms with Crippen molar-refractivity contribution in [3.05, 3.63) is 0 Å². The molecule has 4 nitrogen and oxygen atoms in total. The number of carbonyl (C=O) groups excluding carboxylic acids is 1. The summed E-state index contributed by atoms with van der Waals surface area (Å²) in [7, 11) is 0. The zero-order valence-corrected chi connectivity index (χ0v) is 4.16. The quantitative estimate of drug-likeness (QED) is 0.277. The van der Waals surface area contributed by atoms with Crippen LogP contribution in [0.1, 0.15) is 6.42 Å². The van der Waals surface area contributed by atoms with Gasteiger partial charge in [0.25, 0.3) is 0 Å². The molecule has 0 aromatic carbocycles. The van der Waals surface area contributed by atoms with Crippen molar-refractivity contribution >= 4 is 5.97 Å². The average molecular weight is 120 g/mol. The molecule has 1 aliphatic carbocycles. The molecule has 1 fully saturated rings. The standard InChI is InChI=1S/C4H6O4/c5-4(6)2-1-3(2)8-7/h2-3,7H,1H2,(H,5,6)/p+2. The summed E-state index contributed by atoms with van der Waals surface area (Å²) in [6.07, 6.45) is 0.291. The Balaban J connectivity index is 2.26. The highest BCUT2D eigenvalue weighted by Crippen LogP contribution is 2.31. The van der Waals surface area contributed by atoms with Crippen LogP contribution >= 0.6 is 0 Å². The lowest BCUT2D eigenvalue weighted by molar-refractivity contribution is -0.388. The summed E-state index contributed by atoms with van der Waals surface area (Å²) < 4.78 is 0. The summed E-state index contributed by atoms with van der Waals surface area (Å²) in [4.78, 5) is 12.9. The fraction of sp³-hybridized carbons (Fsp3) is 0.750. The number of hydrogen-bond acceptors (Lipinski definition) is 2. The Morgan fingerprint density at radius 3 is 2.62 bits per heavy atom. The van der Waals surface area contributed by atoms with Crippen LogP contribution in [0.25, 0.3) is 0 Å². The van der Waals surface area contributed by atoms with Gasteiger partial charge < -0.3 is 5.11 Å². The molecule has 2 atom stereocenters. The van der Waals surface area contributed by atoms with Crippen molar-refractivity contribution in [2.24, 2.45) is 5.92 Å². The monoisotopic (exact) mass is 120 g/mol. The molecule has 2 unspecified atom stereocenters. The highest BCUT2D eigenvalue weighted by Gasteiger charge is 2.55. The van der Waals surface area contributed by atoms with Crippen molar-refractivity contribution in [2.75, 3.05) is 0 Å². The number of rotatable bonds is 2. The van der Waals surface area contributed by atoms with Gasteiger partial charge in [-0.3, -0.25) is 0 Å². The van der Waals surface area contributed by atoms with E-state index in [4.69, 9.17) is 10.4 Å². The molecule has 0 heterocycles. The summed E-state index contributed by atoms with van der Waals surface area (Å²) in [6.45, 7) is 0. The van der Waals surface area contributed by atoms with Crippen LogP contribution in [0.4, 0.5) is 0 Å². The zero-order valence-electron chi connectivity index (χ0n) is 4.16. The minimum absolute atomic E-state index is 0.264. The van der Waals surface area contributed by atoms with E-state index in [1.807, 2.05) is 0 Å². The first-order valence-electron chi connectivity index (χ1n) is 2.35. The first-order chi connectivity index (χ1) is 3.75. The lowest BCUT2D eigenvalue weighted by Crippen LogP contribution is -2.05. The number of hydrogen-bond donors (Lipinski definition) is 1. The van der Waals surface area contributed by atoms with E-state index < -0.39 is 5.97 Å². The van der Waals surface area contributed by atoms with Gasteiger partial charge in [0.2, 0.25) is 6.10 Å². The van der Waals surface area contributed by atoms with Gasteiger partial charge in [-0.1, -0.05) is 0 Å². The molecule has 0 saturated heterocycles. The maximum Gasteiger partial charge on any atom is 0.527 e. The van der Waals surface area contributed by atoms with Gasteiger partial charge in [-0.15, -0.1) is 5.26 Å². The predicted octanol–water partition coefficient (Wildman–Crippen LogP) is -1.37. The van der Waals surface area contributed by atoms with Crippen molar-refractivity contribution in [3.63, 3.8) is 0 Å². The van der Waals surface area contributed by atoms with Gasteiger partial charge in [0, 0.05) is 4.79 Å². The smallest absolute Gasteiger partial charge is 0.527 e. The van der Waals surface area contributed by atoms with E-state index in [1.54, 1.807) is 0 Å². The van der Waals surface area contributed by atoms with Gasteiger partial charge >= 0.3 is 5.97 Å². The topological polar surface area (TPSA) is 73.0 Å². The molecule has 0 radical (unpaired) electrons. The highest BCUT2D eigenvalue weighted by molar-refractivity contribution is 5.73. The van der Waals surface area contributed by atoms with Crippen molar-refractivity contribution < 1.29 is 20.0 Å². The van der Waals surface area contributed by atoms with Crippen LogP contribution in [0.2, 0.25) is 0 Å². The van der Waals surface area contributed by atoms with Gasteiger partial charge in [-0.05, 0) is 0 Å². The second-order valence-electron chi connectivity index (χ2n) is 1.89. The normalized spacial score (nSPS) is 34.6. The molecule has 8 heavy (non-hydrogen) atoms. The minimum Gasteiger partial charge on any atom is -0.564 e. The van der Waals surface area contributed by atoms with Gasteiger partial charge in [-0.2, -0.15) is 0 Å². The van der Waals surface area contributed by atoms with E-state index >= 15 is 0 Å². The SMILES string of the molecule is O=C([OH2+])C1CC1[OH+]O. The second-order valence-corrected chi connectivity index (χ2v) is 1.89. The summed E-state index contributed by atoms with van der Waals surface area (Å²) >= 11 is 0. The fourth-order valence-corrected chi connectivity index (χ4v) is 0.591. The Hall–Kier alpha value is -0.610. The van der Waals surface area contributed by atoms with Crippen LogP contribution in [0.3, 0.4) is 0 Å². The number of aliphatic hydroxyl groups is 1. The van der Waals surface area contributed by atoms with Gasteiger partial charge in [0.1, 0.15) is 0 Å². The third-order valence-corrected chi connectivity index (χ3v) is 1.24. The second kappa shape index (κ2) is 1.72. The zero-order chi connectivity index (χ0) is 6.15. The lowest BCUT2D eigenvalue weighted by Gasteiger charge is -1.77. The van der Waals surface area contributed by atoms with Gasteiger partial charge in [0.15, 0.2) is 5.92 Å². The van der Waals surface area contributed by atoms with Crippen LogP contribution in [0.15, 0.2) is 0 Å². The Morgan fingerprint density at radius 1 is 1.88 bits per heavy atom.